The van der Waals surface area contributed by atoms with Crippen LogP contribution < -0.4 is 46.0 Å². The molecule has 3 aliphatic heterocycles. The van der Waals surface area contributed by atoms with E-state index in [0.29, 0.717) is 19.3 Å². The standard InChI is InChI=1S/C14H16N2O4.2C13H16N2O2/c1-8(17)16-13(14(18)19)5-9-7-15-12-4-3-10(20-2)6-11(9)12;2*1-8(16)12(14)5-9-7-15-13-4-3-10(17-2)6-11(9)13/h3-4,6-7,9,13H,5H2,1-2H3,(H,16,17)(H,18,19);2*3-4,6-7,9,12H,5,14H2,1-2H3/p+3. The average molecular weight is 744 g/mol. The molecular formula is C40H51N6O8+3. The van der Waals surface area contributed by atoms with E-state index in [1.807, 2.05) is 73.2 Å². The van der Waals surface area contributed by atoms with Gasteiger partial charge < -0.3 is 36.1 Å². The number of ether oxygens (including phenoxy) is 3. The average Bonchev–Trinajstić information content (AvgIpc) is 3.87. The number of carboxylic acids is 1. The number of carbonyl (C=O) groups excluding carboxylic acids is 3. The van der Waals surface area contributed by atoms with Gasteiger partial charge in [0, 0.05) is 41.8 Å². The van der Waals surface area contributed by atoms with Gasteiger partial charge in [0.05, 0.1) is 51.2 Å². The molecule has 6 unspecified atom stereocenters. The summed E-state index contributed by atoms with van der Waals surface area (Å²) in [5.74, 6) is 1.26. The van der Waals surface area contributed by atoms with Crippen LogP contribution in [0.5, 0.6) is 17.2 Å². The molecular weight excluding hydrogens is 692 g/mol. The molecule has 3 aromatic rings. The molecule has 0 radical (unpaired) electrons. The SMILES string of the molecule is COc1ccc2c(c1)C(CC(N)C(C)=O)C=[NH+]2.COc1ccc2c(c1)C(CC(N)C(C)=O)C=[NH+]2.COc1ccc2c(c1)C(CC(NC(C)=O)C(=O)O)C=[NH+]2. The van der Waals surface area contributed by atoms with Crippen LogP contribution in [-0.4, -0.2) is 86.6 Å². The number of aliphatic carboxylic acids is 1. The second kappa shape index (κ2) is 18.9. The predicted octanol–water partition coefficient (Wildman–Crippen LogP) is -0.682. The highest BCUT2D eigenvalue weighted by atomic mass is 16.5. The van der Waals surface area contributed by atoms with E-state index in [1.165, 1.54) is 20.8 Å². The highest BCUT2D eigenvalue weighted by Crippen LogP contribution is 2.32. The van der Waals surface area contributed by atoms with Crippen molar-refractivity contribution in [3.63, 3.8) is 0 Å². The van der Waals surface area contributed by atoms with E-state index < -0.39 is 24.1 Å². The van der Waals surface area contributed by atoms with Gasteiger partial charge in [-0.2, -0.15) is 0 Å². The lowest BCUT2D eigenvalue weighted by molar-refractivity contribution is -0.344. The highest BCUT2D eigenvalue weighted by Gasteiger charge is 2.32. The van der Waals surface area contributed by atoms with Gasteiger partial charge in [-0.3, -0.25) is 14.4 Å². The molecule has 14 nitrogen and oxygen atoms in total. The first kappa shape index (κ1) is 41.0. The van der Waals surface area contributed by atoms with Crippen molar-refractivity contribution < 1.29 is 53.5 Å². The number of hydrogen-bond acceptors (Lipinski definition) is 9. The normalized spacial score (nSPS) is 18.3. The summed E-state index contributed by atoms with van der Waals surface area (Å²) in [7, 11) is 4.87. The van der Waals surface area contributed by atoms with E-state index in [1.54, 1.807) is 21.3 Å². The fourth-order valence-corrected chi connectivity index (χ4v) is 6.34. The number of amides is 1. The molecule has 0 bridgehead atoms. The summed E-state index contributed by atoms with van der Waals surface area (Å²) < 4.78 is 15.6. The molecule has 0 aliphatic carbocycles. The Balaban J connectivity index is 0.000000181. The summed E-state index contributed by atoms with van der Waals surface area (Å²) in [5, 5.41) is 11.6. The van der Waals surface area contributed by atoms with Gasteiger partial charge in [0.25, 0.3) is 0 Å². The molecule has 3 heterocycles. The number of hydrogen-bond donors (Lipinski definition) is 7. The van der Waals surface area contributed by atoms with Crippen molar-refractivity contribution in [1.82, 2.24) is 5.32 Å². The summed E-state index contributed by atoms with van der Waals surface area (Å²) in [5.41, 5.74) is 17.9. The number of Topliss-reactive ketones (excluding diaryl/α,β-unsaturated/α-hetero) is 2. The van der Waals surface area contributed by atoms with Crippen LogP contribution in [0.25, 0.3) is 0 Å². The predicted molar refractivity (Wildman–Crippen MR) is 204 cm³/mol. The molecule has 6 atom stereocenters. The smallest absolute Gasteiger partial charge is 0.326 e. The van der Waals surface area contributed by atoms with Crippen molar-refractivity contribution in [3.8, 4) is 17.2 Å². The number of carbonyl (C=O) groups is 4. The Morgan fingerprint density at radius 2 is 0.963 bits per heavy atom. The van der Waals surface area contributed by atoms with Crippen molar-refractivity contribution in [1.29, 1.82) is 0 Å². The van der Waals surface area contributed by atoms with E-state index in [-0.39, 0.29) is 35.2 Å². The Morgan fingerprint density at radius 3 is 1.24 bits per heavy atom. The van der Waals surface area contributed by atoms with E-state index in [4.69, 9.17) is 30.8 Å². The summed E-state index contributed by atoms with van der Waals surface area (Å²) in [6, 6.07) is 15.6. The minimum atomic E-state index is -1.04. The van der Waals surface area contributed by atoms with Gasteiger partial charge in [0.1, 0.15) is 34.9 Å². The monoisotopic (exact) mass is 743 g/mol. The van der Waals surface area contributed by atoms with Crippen molar-refractivity contribution >= 4 is 59.1 Å². The third-order valence-electron chi connectivity index (χ3n) is 9.52. The molecule has 54 heavy (non-hydrogen) atoms. The maximum Gasteiger partial charge on any atom is 0.326 e. The minimum Gasteiger partial charge on any atom is -0.497 e. The zero-order valence-corrected chi connectivity index (χ0v) is 31.5. The number of nitrogens with two attached hydrogens (primary N) is 2. The van der Waals surface area contributed by atoms with Crippen LogP contribution in [0, 0.1) is 0 Å². The van der Waals surface area contributed by atoms with Crippen molar-refractivity contribution in [2.45, 2.75) is 75.9 Å². The van der Waals surface area contributed by atoms with E-state index in [2.05, 4.69) is 20.3 Å². The van der Waals surface area contributed by atoms with Gasteiger partial charge in [0.15, 0.2) is 18.6 Å². The number of ketones is 2. The molecule has 0 fully saturated rings. The Bertz CT molecular complexity index is 1860. The molecule has 3 aromatic carbocycles. The molecule has 1 amide bonds. The Labute approximate surface area is 314 Å². The molecule has 0 aromatic heterocycles. The summed E-state index contributed by atoms with van der Waals surface area (Å²) in [6.07, 6.45) is 7.34. The maximum absolute atomic E-state index is 11.2. The Morgan fingerprint density at radius 1 is 0.630 bits per heavy atom. The largest absolute Gasteiger partial charge is 0.497 e. The van der Waals surface area contributed by atoms with Crippen LogP contribution in [0.3, 0.4) is 0 Å². The summed E-state index contributed by atoms with van der Waals surface area (Å²) in [6.45, 7) is 4.36. The quantitative estimate of drug-likeness (QED) is 0.117. The van der Waals surface area contributed by atoms with Gasteiger partial charge in [-0.25, -0.2) is 19.8 Å². The first-order valence-electron chi connectivity index (χ1n) is 17.6. The summed E-state index contributed by atoms with van der Waals surface area (Å²) in [4.78, 5) is 54.1. The van der Waals surface area contributed by atoms with Crippen LogP contribution in [0.2, 0.25) is 0 Å². The lowest BCUT2D eigenvalue weighted by Crippen LogP contribution is -2.59. The number of benzene rings is 3. The van der Waals surface area contributed by atoms with Crippen LogP contribution in [0.4, 0.5) is 17.1 Å². The zero-order valence-electron chi connectivity index (χ0n) is 31.5. The molecule has 0 spiro atoms. The Hall–Kier alpha value is -5.73. The fraction of sp³-hybridized carbons (Fsp3) is 0.375. The lowest BCUT2D eigenvalue weighted by Gasteiger charge is -2.15. The van der Waals surface area contributed by atoms with Gasteiger partial charge in [-0.05, 0) is 69.5 Å². The minimum absolute atomic E-state index is 0.0229. The summed E-state index contributed by atoms with van der Waals surface area (Å²) >= 11 is 0. The lowest BCUT2D eigenvalue weighted by atomic mass is 9.93. The van der Waals surface area contributed by atoms with Crippen LogP contribution in [0.1, 0.15) is 74.5 Å². The topological polar surface area (TPSA) is 222 Å². The fourth-order valence-electron chi connectivity index (χ4n) is 6.34. The van der Waals surface area contributed by atoms with Gasteiger partial charge in [-0.1, -0.05) is 0 Å². The molecule has 0 saturated heterocycles. The van der Waals surface area contributed by atoms with Crippen LogP contribution in [0.15, 0.2) is 54.6 Å². The van der Waals surface area contributed by atoms with Crippen molar-refractivity contribution in [2.75, 3.05) is 21.3 Å². The number of carboxylic acid groups (broad SMARTS) is 1. The van der Waals surface area contributed by atoms with E-state index >= 15 is 0 Å². The van der Waals surface area contributed by atoms with Gasteiger partial charge >= 0.3 is 5.97 Å². The van der Waals surface area contributed by atoms with Crippen LogP contribution >= 0.6 is 0 Å². The first-order chi connectivity index (χ1) is 25.7. The molecule has 286 valence electrons. The molecule has 9 N–H and O–H groups in total. The van der Waals surface area contributed by atoms with Gasteiger partial charge in [-0.15, -0.1) is 0 Å². The van der Waals surface area contributed by atoms with Gasteiger partial charge in [0.2, 0.25) is 23.0 Å². The number of nitrogens with one attached hydrogen (secondary N) is 4. The second-order valence-electron chi connectivity index (χ2n) is 13.3. The van der Waals surface area contributed by atoms with Crippen molar-refractivity contribution in [2.24, 2.45) is 11.5 Å². The number of rotatable bonds is 13. The van der Waals surface area contributed by atoms with E-state index in [9.17, 15) is 19.2 Å². The second-order valence-corrected chi connectivity index (χ2v) is 13.3. The first-order valence-corrected chi connectivity index (χ1v) is 17.6. The molecule has 0 saturated carbocycles. The molecule has 3 aliphatic rings. The maximum atomic E-state index is 11.2. The highest BCUT2D eigenvalue weighted by molar-refractivity contribution is 5.84. The molecule has 6 rings (SSSR count). The van der Waals surface area contributed by atoms with E-state index in [0.717, 1.165) is 51.0 Å². The third kappa shape index (κ3) is 10.7. The zero-order chi connectivity index (χ0) is 39.5. The third-order valence-corrected chi connectivity index (χ3v) is 9.52. The number of methoxy groups -OCH3 is 3. The molecule has 14 heteroatoms. The van der Waals surface area contributed by atoms with Crippen LogP contribution in [-0.2, 0) is 19.2 Å². The number of fused-ring (bicyclic) bond motifs is 3. The van der Waals surface area contributed by atoms with Crippen molar-refractivity contribution in [3.05, 3.63) is 71.3 Å². The Kier molecular flexibility index (Phi) is 14.3.